The molecule has 0 bridgehead atoms. The molecule has 42 heavy (non-hydrogen) atoms. The minimum absolute atomic E-state index is 0.0195. The lowest BCUT2D eigenvalue weighted by Gasteiger charge is -2.30. The van der Waals surface area contributed by atoms with Crippen LogP contribution in [0, 0.1) is 21.4 Å². The number of nitriles is 1. The molecule has 1 unspecified atom stereocenters. The molecule has 2 amide bonds. The van der Waals surface area contributed by atoms with E-state index in [0.717, 1.165) is 17.3 Å². The summed E-state index contributed by atoms with van der Waals surface area (Å²) in [5, 5.41) is 30.8. The summed E-state index contributed by atoms with van der Waals surface area (Å²) in [7, 11) is 2.89. The zero-order chi connectivity index (χ0) is 30.2. The Kier molecular flexibility index (Phi) is 9.46. The minimum atomic E-state index is -0.722. The molecule has 0 aliphatic carbocycles. The van der Waals surface area contributed by atoms with Crippen LogP contribution in [0.5, 0.6) is 11.5 Å². The first-order chi connectivity index (χ1) is 20.3. The number of nitro benzene ring substituents is 1. The van der Waals surface area contributed by atoms with Crippen LogP contribution < -0.4 is 25.4 Å². The Labute approximate surface area is 246 Å². The highest BCUT2D eigenvalue weighted by Crippen LogP contribution is 2.41. The van der Waals surface area contributed by atoms with Gasteiger partial charge in [0.15, 0.2) is 0 Å². The van der Waals surface area contributed by atoms with E-state index < -0.39 is 22.7 Å². The van der Waals surface area contributed by atoms with E-state index in [0.29, 0.717) is 27.7 Å². The van der Waals surface area contributed by atoms with Gasteiger partial charge in [-0.15, -0.1) is 0 Å². The van der Waals surface area contributed by atoms with Gasteiger partial charge in [-0.25, -0.2) is 0 Å². The van der Waals surface area contributed by atoms with Crippen molar-refractivity contribution in [1.82, 2.24) is 5.32 Å². The molecule has 0 radical (unpaired) electrons. The number of rotatable bonds is 10. The highest BCUT2D eigenvalue weighted by atomic mass is 32.2. The first-order valence-corrected chi connectivity index (χ1v) is 13.6. The van der Waals surface area contributed by atoms with Gasteiger partial charge in [-0.3, -0.25) is 19.7 Å². The molecule has 0 aromatic heterocycles. The highest BCUT2D eigenvalue weighted by molar-refractivity contribution is 8.03. The number of allylic oxidation sites excluding steroid dienone is 2. The number of thioether (sulfide) groups is 1. The Bertz CT molecular complexity index is 1630. The van der Waals surface area contributed by atoms with Gasteiger partial charge in [0.1, 0.15) is 17.2 Å². The quantitative estimate of drug-likeness (QED) is 0.212. The van der Waals surface area contributed by atoms with Gasteiger partial charge in [0, 0.05) is 11.3 Å². The van der Waals surface area contributed by atoms with E-state index >= 15 is 0 Å². The van der Waals surface area contributed by atoms with Crippen LogP contribution >= 0.6 is 11.8 Å². The molecular formula is C30H27N5O6S. The number of amides is 2. The normalized spacial score (nSPS) is 14.4. The summed E-state index contributed by atoms with van der Waals surface area (Å²) in [6.45, 7) is 1.72. The summed E-state index contributed by atoms with van der Waals surface area (Å²) in [6.07, 6.45) is 0. The predicted molar refractivity (Wildman–Crippen MR) is 160 cm³/mol. The van der Waals surface area contributed by atoms with Crippen molar-refractivity contribution >= 4 is 40.6 Å². The van der Waals surface area contributed by atoms with Gasteiger partial charge in [-0.05, 0) is 36.8 Å². The zero-order valence-electron chi connectivity index (χ0n) is 23.0. The molecule has 3 N–H and O–H groups in total. The van der Waals surface area contributed by atoms with Gasteiger partial charge in [0.25, 0.3) is 11.6 Å². The zero-order valence-corrected chi connectivity index (χ0v) is 23.8. The Morgan fingerprint density at radius 1 is 1.02 bits per heavy atom. The van der Waals surface area contributed by atoms with Crippen LogP contribution in [0.3, 0.4) is 0 Å². The fourth-order valence-electron chi connectivity index (χ4n) is 4.46. The number of dihydropyridines is 1. The van der Waals surface area contributed by atoms with Crippen LogP contribution in [-0.4, -0.2) is 36.7 Å². The van der Waals surface area contributed by atoms with Gasteiger partial charge in [0.2, 0.25) is 5.91 Å². The second-order valence-corrected chi connectivity index (χ2v) is 9.98. The number of ether oxygens (including phenoxy) is 2. The third kappa shape index (κ3) is 6.54. The largest absolute Gasteiger partial charge is 0.496 e. The molecule has 11 nitrogen and oxygen atoms in total. The maximum atomic E-state index is 13.7. The topological polar surface area (TPSA) is 156 Å². The van der Waals surface area contributed by atoms with Gasteiger partial charge < -0.3 is 25.4 Å². The molecule has 0 saturated carbocycles. The van der Waals surface area contributed by atoms with Crippen molar-refractivity contribution < 1.29 is 24.0 Å². The third-order valence-electron chi connectivity index (χ3n) is 6.40. The third-order valence-corrected chi connectivity index (χ3v) is 7.42. The number of carbonyl (C=O) groups excluding carboxylic acids is 2. The Balaban J connectivity index is 1.61. The fourth-order valence-corrected chi connectivity index (χ4v) is 5.35. The lowest BCUT2D eigenvalue weighted by atomic mass is 9.82. The lowest BCUT2D eigenvalue weighted by Crippen LogP contribution is -2.31. The van der Waals surface area contributed by atoms with E-state index in [9.17, 15) is 25.0 Å². The number of para-hydroxylation sites is 2. The highest BCUT2D eigenvalue weighted by Gasteiger charge is 2.35. The minimum Gasteiger partial charge on any atom is -0.496 e. The summed E-state index contributed by atoms with van der Waals surface area (Å²) in [4.78, 5) is 37.4. The molecule has 4 rings (SSSR count). The second-order valence-electron chi connectivity index (χ2n) is 8.99. The molecule has 12 heteroatoms. The first-order valence-electron chi connectivity index (χ1n) is 12.6. The van der Waals surface area contributed by atoms with E-state index in [4.69, 9.17) is 9.47 Å². The van der Waals surface area contributed by atoms with Gasteiger partial charge in [-0.1, -0.05) is 54.2 Å². The Morgan fingerprint density at radius 2 is 1.74 bits per heavy atom. The summed E-state index contributed by atoms with van der Waals surface area (Å²) in [5.41, 5.74) is 2.00. The van der Waals surface area contributed by atoms with Crippen molar-refractivity contribution in [3.8, 4) is 17.6 Å². The Morgan fingerprint density at radius 3 is 2.40 bits per heavy atom. The van der Waals surface area contributed by atoms with Gasteiger partial charge in [-0.2, -0.15) is 5.26 Å². The molecule has 1 heterocycles. The predicted octanol–water partition coefficient (Wildman–Crippen LogP) is 5.32. The van der Waals surface area contributed by atoms with Crippen molar-refractivity contribution in [3.05, 3.63) is 110 Å². The molecular weight excluding hydrogens is 558 g/mol. The lowest BCUT2D eigenvalue weighted by molar-refractivity contribution is -0.384. The van der Waals surface area contributed by atoms with Crippen molar-refractivity contribution in [2.24, 2.45) is 0 Å². The number of benzene rings is 3. The van der Waals surface area contributed by atoms with Crippen molar-refractivity contribution in [1.29, 1.82) is 5.26 Å². The summed E-state index contributed by atoms with van der Waals surface area (Å²) in [5.74, 6) is -1.05. The number of anilines is 2. The van der Waals surface area contributed by atoms with Crippen LogP contribution in [0.1, 0.15) is 18.4 Å². The number of nitro groups is 1. The smallest absolute Gasteiger partial charge is 0.296 e. The molecule has 0 spiro atoms. The molecule has 1 aliphatic rings. The van der Waals surface area contributed by atoms with Crippen LogP contribution in [0.2, 0.25) is 0 Å². The molecule has 0 fully saturated rings. The molecule has 3 aromatic carbocycles. The molecule has 214 valence electrons. The standard InChI is InChI=1S/C30H27N5O6S/c1-18-27(29(37)34-23-11-7-8-12-25(23)41-3)28(19-9-5-4-6-10-19)21(16-31)30(32-18)42-17-26(36)33-22-14-13-20(40-2)15-24(22)35(38)39/h4-15,28,32H,17H2,1-3H3,(H,33,36)(H,34,37). The van der Waals surface area contributed by atoms with Gasteiger partial charge >= 0.3 is 0 Å². The van der Waals surface area contributed by atoms with Crippen molar-refractivity contribution in [2.75, 3.05) is 30.6 Å². The molecule has 1 aliphatic heterocycles. The SMILES string of the molecule is COc1ccc(NC(=O)CSC2=C(C#N)C(c3ccccc3)C(C(=O)Nc3ccccc3OC)=C(C)N2)c([N+](=O)[O-])c1. The van der Waals surface area contributed by atoms with Crippen LogP contribution in [0.25, 0.3) is 0 Å². The number of carbonyl (C=O) groups is 2. The average molecular weight is 586 g/mol. The van der Waals surface area contributed by atoms with E-state index in [1.807, 2.05) is 30.3 Å². The number of hydrogen-bond acceptors (Lipinski definition) is 9. The van der Waals surface area contributed by atoms with E-state index in [-0.39, 0.29) is 28.5 Å². The van der Waals surface area contributed by atoms with Crippen LogP contribution in [0.4, 0.5) is 17.1 Å². The summed E-state index contributed by atoms with van der Waals surface area (Å²) in [6, 6.07) is 22.5. The monoisotopic (exact) mass is 585 g/mol. The summed E-state index contributed by atoms with van der Waals surface area (Å²) >= 11 is 1.06. The number of hydrogen-bond donors (Lipinski definition) is 3. The maximum Gasteiger partial charge on any atom is 0.296 e. The van der Waals surface area contributed by atoms with E-state index in [1.165, 1.54) is 32.4 Å². The van der Waals surface area contributed by atoms with Crippen molar-refractivity contribution in [3.63, 3.8) is 0 Å². The van der Waals surface area contributed by atoms with Crippen molar-refractivity contribution in [2.45, 2.75) is 12.8 Å². The van der Waals surface area contributed by atoms with Crippen LogP contribution in [0.15, 0.2) is 94.7 Å². The average Bonchev–Trinajstić information content (AvgIpc) is 3.00. The fraction of sp³-hybridized carbons (Fsp3) is 0.167. The number of nitrogens with zero attached hydrogens (tertiary/aromatic N) is 2. The summed E-state index contributed by atoms with van der Waals surface area (Å²) < 4.78 is 10.4. The number of nitrogens with one attached hydrogen (secondary N) is 3. The molecule has 1 atom stereocenters. The van der Waals surface area contributed by atoms with Gasteiger partial charge in [0.05, 0.1) is 59.2 Å². The van der Waals surface area contributed by atoms with E-state index in [1.54, 1.807) is 31.2 Å². The maximum absolute atomic E-state index is 13.7. The first kappa shape index (κ1) is 29.7. The van der Waals surface area contributed by atoms with Crippen LogP contribution in [-0.2, 0) is 9.59 Å². The Hall–Kier alpha value is -5.28. The molecule has 0 saturated heterocycles. The van der Waals surface area contributed by atoms with E-state index in [2.05, 4.69) is 22.0 Å². The number of methoxy groups -OCH3 is 2. The molecule has 3 aromatic rings. The second kappa shape index (κ2) is 13.4.